The Bertz CT molecular complexity index is 703. The first-order chi connectivity index (χ1) is 13.5. The first-order valence-corrected chi connectivity index (χ1v) is 13.0. The van der Waals surface area contributed by atoms with Crippen LogP contribution in [0.3, 0.4) is 0 Å². The van der Waals surface area contributed by atoms with Gasteiger partial charge in [-0.05, 0) is 55.1 Å². The highest BCUT2D eigenvalue weighted by Gasteiger charge is 2.49. The van der Waals surface area contributed by atoms with Gasteiger partial charge in [-0.15, -0.1) is 0 Å². The van der Waals surface area contributed by atoms with E-state index < -0.39 is 10.0 Å². The Morgan fingerprint density at radius 1 is 1.07 bits per heavy atom. The molecule has 0 N–H and O–H groups in total. The minimum absolute atomic E-state index is 0.161. The van der Waals surface area contributed by atoms with E-state index in [-0.39, 0.29) is 5.41 Å². The monoisotopic (exact) mass is 403 g/mol. The zero-order valence-electron chi connectivity index (χ0n) is 17.9. The summed E-state index contributed by atoms with van der Waals surface area (Å²) in [5.74, 6) is 1.36. The van der Waals surface area contributed by atoms with E-state index in [1.165, 1.54) is 57.8 Å². The van der Waals surface area contributed by atoms with Gasteiger partial charge in [-0.1, -0.05) is 70.0 Å². The third-order valence-corrected chi connectivity index (χ3v) is 9.48. The molecule has 1 saturated heterocycles. The SMILES string of the molecule is BCC1(C2CCCCC2)CN(S(=O)(=O)c2ccccc2)CCC1CCCCC. The van der Waals surface area contributed by atoms with Crippen LogP contribution in [0.1, 0.15) is 71.1 Å². The highest BCUT2D eigenvalue weighted by atomic mass is 32.2. The highest BCUT2D eigenvalue weighted by molar-refractivity contribution is 7.89. The van der Waals surface area contributed by atoms with E-state index in [9.17, 15) is 8.42 Å². The molecule has 2 fully saturated rings. The van der Waals surface area contributed by atoms with Gasteiger partial charge in [0, 0.05) is 13.1 Å². The molecule has 2 atom stereocenters. The molecule has 1 saturated carbocycles. The van der Waals surface area contributed by atoms with Crippen molar-refractivity contribution in [1.82, 2.24) is 4.31 Å². The summed E-state index contributed by atoms with van der Waals surface area (Å²) in [4.78, 5) is 0.452. The lowest BCUT2D eigenvalue weighted by molar-refractivity contribution is 0.00215. The van der Waals surface area contributed by atoms with Gasteiger partial charge in [0.2, 0.25) is 10.0 Å². The summed E-state index contributed by atoms with van der Waals surface area (Å²) < 4.78 is 28.6. The Labute approximate surface area is 173 Å². The molecule has 3 nitrogen and oxygen atoms in total. The Hall–Kier alpha value is -0.805. The third kappa shape index (κ3) is 4.51. The van der Waals surface area contributed by atoms with Crippen molar-refractivity contribution in [2.75, 3.05) is 13.1 Å². The molecule has 5 heteroatoms. The number of rotatable bonds is 8. The molecule has 1 aromatic carbocycles. The maximum atomic E-state index is 13.4. The fourth-order valence-electron chi connectivity index (χ4n) is 5.97. The van der Waals surface area contributed by atoms with E-state index in [1.807, 2.05) is 22.5 Å². The lowest BCUT2D eigenvalue weighted by Crippen LogP contribution is -2.54. The van der Waals surface area contributed by atoms with Crippen molar-refractivity contribution in [2.24, 2.45) is 17.3 Å². The van der Waals surface area contributed by atoms with Crippen molar-refractivity contribution in [3.8, 4) is 0 Å². The molecule has 156 valence electrons. The van der Waals surface area contributed by atoms with Crippen molar-refractivity contribution < 1.29 is 8.42 Å². The number of nitrogens with zero attached hydrogens (tertiary/aromatic N) is 1. The molecule has 2 aliphatic rings. The summed E-state index contributed by atoms with van der Waals surface area (Å²) in [6, 6.07) is 9.04. The van der Waals surface area contributed by atoms with Crippen LogP contribution in [0.5, 0.6) is 0 Å². The van der Waals surface area contributed by atoms with Gasteiger partial charge in [-0.25, -0.2) is 8.42 Å². The zero-order valence-corrected chi connectivity index (χ0v) is 18.7. The fourth-order valence-corrected chi connectivity index (χ4v) is 7.53. The topological polar surface area (TPSA) is 37.4 Å². The summed E-state index contributed by atoms with van der Waals surface area (Å²) in [5.41, 5.74) is 0.161. The van der Waals surface area contributed by atoms with E-state index in [1.54, 1.807) is 12.1 Å². The van der Waals surface area contributed by atoms with E-state index in [0.717, 1.165) is 19.3 Å². The molecule has 1 aromatic rings. The van der Waals surface area contributed by atoms with Crippen LogP contribution in [0, 0.1) is 17.3 Å². The van der Waals surface area contributed by atoms with E-state index in [2.05, 4.69) is 14.8 Å². The molecule has 3 rings (SSSR count). The van der Waals surface area contributed by atoms with Gasteiger partial charge in [0.1, 0.15) is 7.85 Å². The van der Waals surface area contributed by atoms with Gasteiger partial charge in [0.25, 0.3) is 0 Å². The van der Waals surface area contributed by atoms with Crippen molar-refractivity contribution in [3.05, 3.63) is 30.3 Å². The normalized spacial score (nSPS) is 27.7. The van der Waals surface area contributed by atoms with Gasteiger partial charge in [0.05, 0.1) is 4.90 Å². The molecule has 28 heavy (non-hydrogen) atoms. The van der Waals surface area contributed by atoms with Gasteiger partial charge >= 0.3 is 0 Å². The maximum absolute atomic E-state index is 13.4. The summed E-state index contributed by atoms with van der Waals surface area (Å²) in [7, 11) is -1.08. The van der Waals surface area contributed by atoms with Crippen molar-refractivity contribution >= 4 is 17.9 Å². The molecule has 2 unspecified atom stereocenters. The molecule has 1 aliphatic carbocycles. The van der Waals surface area contributed by atoms with Crippen molar-refractivity contribution in [2.45, 2.75) is 82.3 Å². The van der Waals surface area contributed by atoms with E-state index >= 15 is 0 Å². The molecule has 0 bridgehead atoms. The number of piperidine rings is 1. The van der Waals surface area contributed by atoms with Crippen LogP contribution in [-0.2, 0) is 10.0 Å². The minimum Gasteiger partial charge on any atom is -0.207 e. The van der Waals surface area contributed by atoms with Crippen LogP contribution < -0.4 is 0 Å². The summed E-state index contributed by atoms with van der Waals surface area (Å²) in [5, 5.41) is 0. The standard InChI is InChI=1S/C23H38BNO2S/c1-2-3-6-11-21-16-17-25(28(26,27)22-14-9-5-10-15-22)19-23(21,18-24)20-12-7-4-8-13-20/h5,9-10,14-15,20-21H,2-4,6-8,11-13,16-19,24H2,1H3. The highest BCUT2D eigenvalue weighted by Crippen LogP contribution is 2.52. The number of hydrogen-bond acceptors (Lipinski definition) is 2. The van der Waals surface area contributed by atoms with Gasteiger partial charge in [-0.3, -0.25) is 0 Å². The van der Waals surface area contributed by atoms with Crippen molar-refractivity contribution in [1.29, 1.82) is 0 Å². The van der Waals surface area contributed by atoms with Crippen LogP contribution in [0.15, 0.2) is 35.2 Å². The Morgan fingerprint density at radius 3 is 2.43 bits per heavy atom. The van der Waals surface area contributed by atoms with Gasteiger partial charge < -0.3 is 0 Å². The van der Waals surface area contributed by atoms with Gasteiger partial charge in [0.15, 0.2) is 0 Å². The Kier molecular flexibility index (Phi) is 7.66. The molecule has 0 radical (unpaired) electrons. The number of hydrogen-bond donors (Lipinski definition) is 0. The molecular weight excluding hydrogens is 365 g/mol. The Balaban J connectivity index is 1.88. The van der Waals surface area contributed by atoms with Crippen molar-refractivity contribution in [3.63, 3.8) is 0 Å². The maximum Gasteiger partial charge on any atom is 0.243 e. The second-order valence-electron chi connectivity index (χ2n) is 9.05. The van der Waals surface area contributed by atoms with Crippen LogP contribution >= 0.6 is 0 Å². The Morgan fingerprint density at radius 2 is 1.79 bits per heavy atom. The predicted molar refractivity (Wildman–Crippen MR) is 120 cm³/mol. The quantitative estimate of drug-likeness (QED) is 0.458. The molecule has 1 heterocycles. The van der Waals surface area contributed by atoms with Crippen LogP contribution in [0.4, 0.5) is 0 Å². The molecule has 1 aliphatic heterocycles. The predicted octanol–water partition coefficient (Wildman–Crippen LogP) is 4.90. The summed E-state index contributed by atoms with van der Waals surface area (Å²) >= 11 is 0. The fraction of sp³-hybridized carbons (Fsp3) is 0.739. The number of unbranched alkanes of at least 4 members (excludes halogenated alkanes) is 2. The second-order valence-corrected chi connectivity index (χ2v) is 11.0. The summed E-state index contributed by atoms with van der Waals surface area (Å²) in [6.07, 6.45) is 13.8. The van der Waals surface area contributed by atoms with Crippen LogP contribution in [-0.4, -0.2) is 33.7 Å². The molecular formula is C23H38BNO2S. The smallest absolute Gasteiger partial charge is 0.207 e. The second kappa shape index (κ2) is 9.80. The third-order valence-electron chi connectivity index (χ3n) is 7.62. The lowest BCUT2D eigenvalue weighted by Gasteiger charge is -2.53. The minimum atomic E-state index is -3.40. The number of sulfonamides is 1. The largest absolute Gasteiger partial charge is 0.243 e. The van der Waals surface area contributed by atoms with Gasteiger partial charge in [-0.2, -0.15) is 4.31 Å². The lowest BCUT2D eigenvalue weighted by atomic mass is 9.54. The zero-order chi connectivity index (χ0) is 20.0. The molecule has 0 spiro atoms. The van der Waals surface area contributed by atoms with Crippen LogP contribution in [0.2, 0.25) is 6.32 Å². The molecule has 0 amide bonds. The average Bonchev–Trinajstić information content (AvgIpc) is 2.75. The average molecular weight is 403 g/mol. The summed E-state index contributed by atoms with van der Waals surface area (Å²) in [6.45, 7) is 3.67. The number of benzene rings is 1. The first kappa shape index (κ1) is 21.9. The molecule has 0 aromatic heterocycles. The first-order valence-electron chi connectivity index (χ1n) is 11.6. The van der Waals surface area contributed by atoms with E-state index in [0.29, 0.717) is 23.3 Å². The van der Waals surface area contributed by atoms with E-state index in [4.69, 9.17) is 0 Å². The van der Waals surface area contributed by atoms with Crippen LogP contribution in [0.25, 0.3) is 0 Å².